The molecule has 0 radical (unpaired) electrons. The second-order valence-electron chi connectivity index (χ2n) is 3.89. The summed E-state index contributed by atoms with van der Waals surface area (Å²) in [6.07, 6.45) is 0. The molecule has 0 aliphatic rings. The van der Waals surface area contributed by atoms with Crippen molar-refractivity contribution in [3.63, 3.8) is 0 Å². The van der Waals surface area contributed by atoms with Gasteiger partial charge in [0.1, 0.15) is 0 Å². The smallest absolute Gasteiger partial charge is 0.0584 e. The monoisotopic (exact) mass is 219 g/mol. The molecule has 0 fully saturated rings. The van der Waals surface area contributed by atoms with E-state index in [0.717, 1.165) is 19.6 Å². The summed E-state index contributed by atoms with van der Waals surface area (Å²) >= 11 is 0. The fourth-order valence-electron chi connectivity index (χ4n) is 1.35. The van der Waals surface area contributed by atoms with Gasteiger partial charge in [-0.15, -0.1) is 0 Å². The Morgan fingerprint density at radius 3 is 2.33 bits per heavy atom. The van der Waals surface area contributed by atoms with Crippen LogP contribution in [-0.2, 0) is 0 Å². The van der Waals surface area contributed by atoms with Crippen molar-refractivity contribution in [3.05, 3.63) is 0 Å². The van der Waals surface area contributed by atoms with Crippen LogP contribution in [0.25, 0.3) is 0 Å². The Balaban J connectivity index is 3.75. The van der Waals surface area contributed by atoms with Crippen LogP contribution >= 0.6 is 0 Å². The van der Waals surface area contributed by atoms with Gasteiger partial charge in [-0.2, -0.15) is 0 Å². The summed E-state index contributed by atoms with van der Waals surface area (Å²) in [4.78, 5) is 2.14. The molecule has 2 unspecified atom stereocenters. The van der Waals surface area contributed by atoms with Crippen molar-refractivity contribution in [2.45, 2.75) is 25.9 Å². The van der Waals surface area contributed by atoms with E-state index in [9.17, 15) is 0 Å². The Morgan fingerprint density at radius 1 is 1.20 bits per heavy atom. The van der Waals surface area contributed by atoms with Crippen LogP contribution in [0.3, 0.4) is 0 Å². The molecule has 0 aliphatic heterocycles. The number of hydrogen-bond donors (Lipinski definition) is 4. The SMILES string of the molecule is CC(CO)NCCN(CCN)C(C)CO. The highest BCUT2D eigenvalue weighted by atomic mass is 16.3. The summed E-state index contributed by atoms with van der Waals surface area (Å²) < 4.78 is 0. The maximum Gasteiger partial charge on any atom is 0.0584 e. The minimum atomic E-state index is 0.120. The minimum absolute atomic E-state index is 0.120. The zero-order chi connectivity index (χ0) is 11.7. The molecule has 0 amide bonds. The first-order valence-corrected chi connectivity index (χ1v) is 5.54. The summed E-state index contributed by atoms with van der Waals surface area (Å²) in [5.41, 5.74) is 5.50. The topological polar surface area (TPSA) is 81.8 Å². The number of rotatable bonds is 9. The van der Waals surface area contributed by atoms with Crippen LogP contribution in [0.5, 0.6) is 0 Å². The second-order valence-corrected chi connectivity index (χ2v) is 3.89. The molecule has 15 heavy (non-hydrogen) atoms. The second kappa shape index (κ2) is 9.06. The van der Waals surface area contributed by atoms with Gasteiger partial charge in [0.25, 0.3) is 0 Å². The molecule has 0 aliphatic carbocycles. The number of nitrogens with two attached hydrogens (primary N) is 1. The number of nitrogens with zero attached hydrogens (tertiary/aromatic N) is 1. The van der Waals surface area contributed by atoms with E-state index in [2.05, 4.69) is 10.2 Å². The molecule has 5 nitrogen and oxygen atoms in total. The molecule has 0 spiro atoms. The molecule has 0 heterocycles. The van der Waals surface area contributed by atoms with E-state index in [1.807, 2.05) is 13.8 Å². The van der Waals surface area contributed by atoms with Gasteiger partial charge >= 0.3 is 0 Å². The lowest BCUT2D eigenvalue weighted by molar-refractivity contribution is 0.135. The van der Waals surface area contributed by atoms with Gasteiger partial charge < -0.3 is 21.3 Å². The fourth-order valence-corrected chi connectivity index (χ4v) is 1.35. The molecule has 0 saturated heterocycles. The van der Waals surface area contributed by atoms with Gasteiger partial charge in [-0.05, 0) is 13.8 Å². The fraction of sp³-hybridized carbons (Fsp3) is 1.00. The molecule has 5 N–H and O–H groups in total. The van der Waals surface area contributed by atoms with E-state index >= 15 is 0 Å². The predicted molar refractivity (Wildman–Crippen MR) is 61.7 cm³/mol. The van der Waals surface area contributed by atoms with Crippen molar-refractivity contribution >= 4 is 0 Å². The molecular formula is C10H25N3O2. The van der Waals surface area contributed by atoms with Gasteiger partial charge in [0, 0.05) is 38.3 Å². The molecule has 0 aromatic rings. The Morgan fingerprint density at radius 2 is 1.87 bits per heavy atom. The Bertz CT molecular complexity index is 147. The zero-order valence-electron chi connectivity index (χ0n) is 9.82. The molecule has 5 heteroatoms. The molecular weight excluding hydrogens is 194 g/mol. The normalized spacial score (nSPS) is 15.6. The average molecular weight is 219 g/mol. The standard InChI is InChI=1S/C10H25N3O2/c1-9(7-14)12-4-6-13(5-3-11)10(2)8-15/h9-10,12,14-15H,3-8,11H2,1-2H3. The van der Waals surface area contributed by atoms with Crippen molar-refractivity contribution in [3.8, 4) is 0 Å². The van der Waals surface area contributed by atoms with Crippen molar-refractivity contribution < 1.29 is 10.2 Å². The van der Waals surface area contributed by atoms with Crippen LogP contribution in [0.2, 0.25) is 0 Å². The maximum atomic E-state index is 9.04. The molecule has 0 bridgehead atoms. The van der Waals surface area contributed by atoms with E-state index in [4.69, 9.17) is 15.9 Å². The van der Waals surface area contributed by atoms with Crippen molar-refractivity contribution in [1.29, 1.82) is 0 Å². The zero-order valence-corrected chi connectivity index (χ0v) is 9.82. The van der Waals surface area contributed by atoms with Crippen LogP contribution in [0.1, 0.15) is 13.8 Å². The van der Waals surface area contributed by atoms with Crippen molar-refractivity contribution in [2.75, 3.05) is 39.4 Å². The van der Waals surface area contributed by atoms with Gasteiger partial charge in [0.05, 0.1) is 13.2 Å². The number of hydrogen-bond acceptors (Lipinski definition) is 5. The van der Waals surface area contributed by atoms with Crippen molar-refractivity contribution in [1.82, 2.24) is 10.2 Å². The maximum absolute atomic E-state index is 9.04. The summed E-state index contributed by atoms with van der Waals surface area (Å²) in [7, 11) is 0. The van der Waals surface area contributed by atoms with Crippen molar-refractivity contribution in [2.24, 2.45) is 5.73 Å². The summed E-state index contributed by atoms with van der Waals surface area (Å²) in [6, 6.07) is 0.258. The highest BCUT2D eigenvalue weighted by Crippen LogP contribution is 1.96. The molecule has 0 aromatic carbocycles. The number of aliphatic hydroxyl groups is 2. The molecule has 92 valence electrons. The Labute approximate surface area is 92.3 Å². The summed E-state index contributed by atoms with van der Waals surface area (Å²) in [6.45, 7) is 7.22. The lowest BCUT2D eigenvalue weighted by Gasteiger charge is -2.27. The van der Waals surface area contributed by atoms with Gasteiger partial charge in [0.15, 0.2) is 0 Å². The van der Waals surface area contributed by atoms with E-state index in [0.29, 0.717) is 6.54 Å². The third-order valence-corrected chi connectivity index (χ3v) is 2.47. The van der Waals surface area contributed by atoms with Crippen LogP contribution in [-0.4, -0.2) is 66.6 Å². The van der Waals surface area contributed by atoms with E-state index in [1.165, 1.54) is 0 Å². The highest BCUT2D eigenvalue weighted by Gasteiger charge is 2.11. The third kappa shape index (κ3) is 6.81. The quantitative estimate of drug-likeness (QED) is 0.383. The predicted octanol–water partition coefficient (Wildman–Crippen LogP) is -1.40. The van der Waals surface area contributed by atoms with Gasteiger partial charge in [-0.25, -0.2) is 0 Å². The van der Waals surface area contributed by atoms with Gasteiger partial charge in [-0.3, -0.25) is 4.90 Å². The first-order valence-electron chi connectivity index (χ1n) is 5.54. The lowest BCUT2D eigenvalue weighted by atomic mass is 10.3. The van der Waals surface area contributed by atoms with E-state index < -0.39 is 0 Å². The first kappa shape index (κ1) is 14.8. The highest BCUT2D eigenvalue weighted by molar-refractivity contribution is 4.69. The molecule has 0 rings (SSSR count). The third-order valence-electron chi connectivity index (χ3n) is 2.47. The van der Waals surface area contributed by atoms with Gasteiger partial charge in [-0.1, -0.05) is 0 Å². The largest absolute Gasteiger partial charge is 0.395 e. The number of aliphatic hydroxyl groups excluding tert-OH is 2. The molecule has 0 saturated carbocycles. The average Bonchev–Trinajstić information content (AvgIpc) is 2.26. The van der Waals surface area contributed by atoms with E-state index in [1.54, 1.807) is 0 Å². The summed E-state index contributed by atoms with van der Waals surface area (Å²) in [5, 5.41) is 21.1. The lowest BCUT2D eigenvalue weighted by Crippen LogP contribution is -2.44. The van der Waals surface area contributed by atoms with Crippen LogP contribution in [0.15, 0.2) is 0 Å². The Kier molecular flexibility index (Phi) is 8.94. The summed E-state index contributed by atoms with van der Waals surface area (Å²) in [5.74, 6) is 0. The van der Waals surface area contributed by atoms with Crippen LogP contribution in [0.4, 0.5) is 0 Å². The Hall–Kier alpha value is -0.200. The van der Waals surface area contributed by atoms with Crippen LogP contribution < -0.4 is 11.1 Å². The van der Waals surface area contributed by atoms with Gasteiger partial charge in [0.2, 0.25) is 0 Å². The molecule has 0 aromatic heterocycles. The minimum Gasteiger partial charge on any atom is -0.395 e. The molecule has 2 atom stereocenters. The first-order chi connectivity index (χ1) is 7.15. The van der Waals surface area contributed by atoms with Crippen LogP contribution in [0, 0.1) is 0 Å². The van der Waals surface area contributed by atoms with E-state index in [-0.39, 0.29) is 25.3 Å². The number of nitrogens with one attached hydrogen (secondary N) is 1.